The van der Waals surface area contributed by atoms with Crippen LogP contribution in [0, 0.1) is 6.92 Å². The zero-order valence-electron chi connectivity index (χ0n) is 17.5. The van der Waals surface area contributed by atoms with Crippen LogP contribution in [0.2, 0.25) is 5.02 Å². The van der Waals surface area contributed by atoms with Crippen LogP contribution >= 0.6 is 11.6 Å². The van der Waals surface area contributed by atoms with Gasteiger partial charge in [0, 0.05) is 22.7 Å². The van der Waals surface area contributed by atoms with Gasteiger partial charge in [-0.1, -0.05) is 43.3 Å². The van der Waals surface area contributed by atoms with Crippen molar-refractivity contribution in [2.45, 2.75) is 26.3 Å². The molecule has 0 saturated carbocycles. The minimum absolute atomic E-state index is 0.0689. The number of H-pyrrole nitrogens is 1. The maximum absolute atomic E-state index is 13.2. The number of aromatic nitrogens is 2. The second-order valence-electron chi connectivity index (χ2n) is 7.55. The molecule has 1 aliphatic rings. The topological polar surface area (TPSA) is 78.5 Å². The number of aromatic hydroxyl groups is 1. The summed E-state index contributed by atoms with van der Waals surface area (Å²) < 4.78 is 5.71. The molecule has 0 bridgehead atoms. The summed E-state index contributed by atoms with van der Waals surface area (Å²) in [5.74, 6) is 0.649. The number of aryl methyl sites for hydroxylation is 1. The number of nitrogens with zero attached hydrogens (tertiary/aromatic N) is 2. The lowest BCUT2D eigenvalue weighted by atomic mass is 9.95. The van der Waals surface area contributed by atoms with Gasteiger partial charge in [0.05, 0.1) is 6.04 Å². The Balaban J connectivity index is 1.88. The van der Waals surface area contributed by atoms with E-state index >= 15 is 0 Å². The molecule has 1 atom stereocenters. The summed E-state index contributed by atoms with van der Waals surface area (Å²) in [4.78, 5) is 15.0. The minimum atomic E-state index is -0.358. The first-order valence-corrected chi connectivity index (χ1v) is 10.6. The van der Waals surface area contributed by atoms with Crippen LogP contribution in [0.15, 0.2) is 49.1 Å². The van der Waals surface area contributed by atoms with Gasteiger partial charge >= 0.3 is 0 Å². The second-order valence-corrected chi connectivity index (χ2v) is 7.96. The smallest absolute Gasteiger partial charge is 0.273 e. The monoisotopic (exact) mass is 437 g/mol. The van der Waals surface area contributed by atoms with Crippen LogP contribution in [0.4, 0.5) is 0 Å². The molecule has 0 aliphatic carbocycles. The minimum Gasteiger partial charge on any atom is -0.507 e. The molecule has 1 amide bonds. The number of carbonyl (C=O) groups is 1. The summed E-state index contributed by atoms with van der Waals surface area (Å²) in [6.45, 7) is 8.52. The van der Waals surface area contributed by atoms with Gasteiger partial charge in [0.2, 0.25) is 0 Å². The quantitative estimate of drug-likeness (QED) is 0.494. The van der Waals surface area contributed by atoms with Crippen molar-refractivity contribution in [3.8, 4) is 22.8 Å². The van der Waals surface area contributed by atoms with Gasteiger partial charge < -0.3 is 14.7 Å². The van der Waals surface area contributed by atoms with E-state index < -0.39 is 0 Å². The normalized spacial score (nSPS) is 15.3. The molecule has 0 spiro atoms. The zero-order valence-corrected chi connectivity index (χ0v) is 18.2. The van der Waals surface area contributed by atoms with Gasteiger partial charge in [-0.2, -0.15) is 5.10 Å². The van der Waals surface area contributed by atoms with Crippen molar-refractivity contribution in [1.29, 1.82) is 0 Å². The van der Waals surface area contributed by atoms with Crippen LogP contribution in [0.1, 0.15) is 46.6 Å². The number of rotatable bonds is 7. The Bertz CT molecular complexity index is 1150. The van der Waals surface area contributed by atoms with Gasteiger partial charge in [-0.05, 0) is 48.7 Å². The van der Waals surface area contributed by atoms with E-state index in [0.717, 1.165) is 23.1 Å². The Hall–Kier alpha value is -3.25. The average Bonchev–Trinajstić information content (AvgIpc) is 3.29. The van der Waals surface area contributed by atoms with Gasteiger partial charge in [-0.25, -0.2) is 0 Å². The van der Waals surface area contributed by atoms with Crippen LogP contribution < -0.4 is 4.74 Å². The predicted octanol–water partition coefficient (Wildman–Crippen LogP) is 5.26. The number of aromatic amines is 1. The first-order valence-electron chi connectivity index (χ1n) is 10.2. The number of hydrogen-bond donors (Lipinski definition) is 2. The van der Waals surface area contributed by atoms with E-state index in [2.05, 4.69) is 16.8 Å². The molecule has 0 saturated heterocycles. The number of halogens is 1. The highest BCUT2D eigenvalue weighted by Gasteiger charge is 2.42. The van der Waals surface area contributed by atoms with Crippen LogP contribution in [-0.2, 0) is 0 Å². The lowest BCUT2D eigenvalue weighted by Crippen LogP contribution is -2.30. The molecule has 2 heterocycles. The maximum Gasteiger partial charge on any atom is 0.273 e. The molecule has 3 aromatic rings. The fourth-order valence-corrected chi connectivity index (χ4v) is 4.17. The molecule has 6 nitrogen and oxygen atoms in total. The predicted molar refractivity (Wildman–Crippen MR) is 121 cm³/mol. The lowest BCUT2D eigenvalue weighted by molar-refractivity contribution is 0.0743. The molecule has 1 unspecified atom stereocenters. The molecule has 0 radical (unpaired) electrons. The van der Waals surface area contributed by atoms with Crippen molar-refractivity contribution < 1.29 is 14.6 Å². The number of carbonyl (C=O) groups excluding carboxylic acids is 1. The molecular weight excluding hydrogens is 414 g/mol. The van der Waals surface area contributed by atoms with E-state index in [4.69, 9.17) is 16.3 Å². The fourth-order valence-electron chi connectivity index (χ4n) is 4.01. The highest BCUT2D eigenvalue weighted by atomic mass is 35.5. The summed E-state index contributed by atoms with van der Waals surface area (Å²) in [5, 5.41) is 18.4. The van der Waals surface area contributed by atoms with Gasteiger partial charge in [-0.3, -0.25) is 9.89 Å². The maximum atomic E-state index is 13.2. The molecule has 2 N–H and O–H groups in total. The molecule has 1 aromatic heterocycles. The van der Waals surface area contributed by atoms with Crippen molar-refractivity contribution in [3.63, 3.8) is 0 Å². The summed E-state index contributed by atoms with van der Waals surface area (Å²) in [6.07, 6.45) is 2.49. The molecule has 7 heteroatoms. The van der Waals surface area contributed by atoms with Gasteiger partial charge in [0.15, 0.2) is 0 Å². The molecule has 1 aliphatic heterocycles. The van der Waals surface area contributed by atoms with Crippen LogP contribution in [-0.4, -0.2) is 39.3 Å². The van der Waals surface area contributed by atoms with Crippen molar-refractivity contribution in [2.24, 2.45) is 0 Å². The largest absolute Gasteiger partial charge is 0.507 e. The Kier molecular flexibility index (Phi) is 5.74. The highest BCUT2D eigenvalue weighted by Crippen LogP contribution is 2.45. The summed E-state index contributed by atoms with van der Waals surface area (Å²) in [6, 6.07) is 10.6. The summed E-state index contributed by atoms with van der Waals surface area (Å²) >= 11 is 6.33. The Morgan fingerprint density at radius 1 is 1.35 bits per heavy atom. The third kappa shape index (κ3) is 3.68. The third-order valence-corrected chi connectivity index (χ3v) is 5.81. The SMILES string of the molecule is C=CCOc1cccc(C2c3c(-c4cc(Cl)c(C)cc4O)n[nH]c3C(=O)N2CCC)c1. The van der Waals surface area contributed by atoms with Gasteiger partial charge in [-0.15, -0.1) is 0 Å². The Morgan fingerprint density at radius 3 is 2.90 bits per heavy atom. The van der Waals surface area contributed by atoms with Crippen molar-refractivity contribution in [2.75, 3.05) is 13.2 Å². The number of phenolic OH excluding ortho intramolecular Hbond substituents is 1. The number of hydrogen-bond acceptors (Lipinski definition) is 4. The number of nitrogens with one attached hydrogen (secondary N) is 1. The van der Waals surface area contributed by atoms with E-state index in [-0.39, 0.29) is 17.7 Å². The molecule has 4 rings (SSSR count). The average molecular weight is 438 g/mol. The van der Waals surface area contributed by atoms with Crippen LogP contribution in [0.25, 0.3) is 11.3 Å². The van der Waals surface area contributed by atoms with Crippen LogP contribution in [0.5, 0.6) is 11.5 Å². The second kappa shape index (κ2) is 8.47. The fraction of sp³-hybridized carbons (Fsp3) is 0.250. The lowest BCUT2D eigenvalue weighted by Gasteiger charge is -2.26. The zero-order chi connectivity index (χ0) is 22.1. The number of phenols is 1. The standard InChI is InChI=1S/C24H24ClN3O3/c1-4-9-28-23(15-7-6-8-16(12-15)31-10-5-2)20-21(26-27-22(20)24(28)30)17-13-18(25)14(3)11-19(17)29/h5-8,11-13,23,29H,2,4,9-10H2,1,3H3,(H,26,27). The number of amides is 1. The molecular formula is C24H24ClN3O3. The molecule has 160 valence electrons. The first kappa shape index (κ1) is 21.0. The van der Waals surface area contributed by atoms with E-state index in [1.54, 1.807) is 18.2 Å². The Labute approximate surface area is 186 Å². The van der Waals surface area contributed by atoms with E-state index in [1.165, 1.54) is 0 Å². The molecule has 2 aromatic carbocycles. The van der Waals surface area contributed by atoms with Gasteiger partial charge in [0.1, 0.15) is 29.5 Å². The summed E-state index contributed by atoms with van der Waals surface area (Å²) in [5.41, 5.74) is 3.84. The van der Waals surface area contributed by atoms with Crippen LogP contribution in [0.3, 0.4) is 0 Å². The van der Waals surface area contributed by atoms with E-state index in [9.17, 15) is 9.90 Å². The molecule has 31 heavy (non-hydrogen) atoms. The summed E-state index contributed by atoms with van der Waals surface area (Å²) in [7, 11) is 0. The third-order valence-electron chi connectivity index (χ3n) is 5.40. The number of ether oxygens (including phenoxy) is 1. The van der Waals surface area contributed by atoms with Crippen molar-refractivity contribution >= 4 is 17.5 Å². The van der Waals surface area contributed by atoms with Crippen molar-refractivity contribution in [3.05, 3.63) is 76.5 Å². The molecule has 0 fully saturated rings. The van der Waals surface area contributed by atoms with Gasteiger partial charge in [0.25, 0.3) is 5.91 Å². The van der Waals surface area contributed by atoms with Crippen molar-refractivity contribution in [1.82, 2.24) is 15.1 Å². The van der Waals surface area contributed by atoms with E-state index in [1.807, 2.05) is 43.0 Å². The number of benzene rings is 2. The number of fused-ring (bicyclic) bond motifs is 1. The first-order chi connectivity index (χ1) is 15.0. The Morgan fingerprint density at radius 2 is 2.16 bits per heavy atom. The highest BCUT2D eigenvalue weighted by molar-refractivity contribution is 6.31. The van der Waals surface area contributed by atoms with E-state index in [0.29, 0.717) is 40.9 Å².